The third-order valence-corrected chi connectivity index (χ3v) is 2.89. The molecule has 4 nitrogen and oxygen atoms in total. The molecule has 0 amide bonds. The molecule has 1 N–H and O–H groups in total. The van der Waals surface area contributed by atoms with E-state index in [0.717, 1.165) is 0 Å². The van der Waals surface area contributed by atoms with Crippen LogP contribution in [0.25, 0.3) is 23.1 Å². The second kappa shape index (κ2) is 5.01. The zero-order chi connectivity index (χ0) is 13.9. The van der Waals surface area contributed by atoms with E-state index in [0.29, 0.717) is 16.5 Å². The highest BCUT2D eigenvalue weighted by Gasteiger charge is 2.03. The Morgan fingerprint density at radius 1 is 1.00 bits per heavy atom. The predicted octanol–water partition coefficient (Wildman–Crippen LogP) is 3.06. The molecule has 1 heterocycles. The van der Waals surface area contributed by atoms with Crippen molar-refractivity contribution in [1.29, 1.82) is 0 Å². The maximum atomic E-state index is 11.8. The van der Waals surface area contributed by atoms with E-state index in [1.807, 2.05) is 6.07 Å². The monoisotopic (exact) mass is 265 g/mol. The second-order valence-electron chi connectivity index (χ2n) is 4.25. The zero-order valence-corrected chi connectivity index (χ0v) is 10.5. The normalized spacial score (nSPS) is 11.2. The van der Waals surface area contributed by atoms with Gasteiger partial charge in [-0.3, -0.25) is 4.79 Å². The van der Waals surface area contributed by atoms with Gasteiger partial charge < -0.3 is 9.52 Å². The van der Waals surface area contributed by atoms with Gasteiger partial charge in [0.05, 0.1) is 5.39 Å². The van der Waals surface area contributed by atoms with Crippen molar-refractivity contribution in [2.45, 2.75) is 0 Å². The molecule has 0 aliphatic heterocycles. The fourth-order valence-corrected chi connectivity index (χ4v) is 1.89. The third-order valence-electron chi connectivity index (χ3n) is 2.89. The largest absolute Gasteiger partial charge is 0.507 e. The Kier molecular flexibility index (Phi) is 3.05. The number of aromatic nitrogens is 1. The van der Waals surface area contributed by atoms with Gasteiger partial charge in [0, 0.05) is 11.6 Å². The van der Waals surface area contributed by atoms with Gasteiger partial charge in [0.1, 0.15) is 11.3 Å². The second-order valence-corrected chi connectivity index (χ2v) is 4.25. The number of para-hydroxylation sites is 2. The van der Waals surface area contributed by atoms with Crippen molar-refractivity contribution >= 4 is 23.1 Å². The number of benzene rings is 2. The van der Waals surface area contributed by atoms with Crippen LogP contribution in [-0.2, 0) is 0 Å². The zero-order valence-electron chi connectivity index (χ0n) is 10.5. The summed E-state index contributed by atoms with van der Waals surface area (Å²) in [7, 11) is 0. The molecule has 4 heteroatoms. The van der Waals surface area contributed by atoms with Crippen molar-refractivity contribution in [2.24, 2.45) is 0 Å². The average Bonchev–Trinajstić information content (AvgIpc) is 2.46. The smallest absolute Gasteiger partial charge is 0.284 e. The summed E-state index contributed by atoms with van der Waals surface area (Å²) >= 11 is 0. The summed E-state index contributed by atoms with van der Waals surface area (Å²) in [6, 6.07) is 13.8. The first-order valence-corrected chi connectivity index (χ1v) is 6.10. The highest BCUT2D eigenvalue weighted by atomic mass is 16.3. The molecule has 0 radical (unpaired) electrons. The molecule has 3 aromatic rings. The maximum absolute atomic E-state index is 11.8. The van der Waals surface area contributed by atoms with E-state index in [4.69, 9.17) is 4.42 Å². The number of rotatable bonds is 2. The molecular formula is C16H11NO3. The van der Waals surface area contributed by atoms with Gasteiger partial charge in [0.2, 0.25) is 5.89 Å². The Morgan fingerprint density at radius 3 is 2.60 bits per heavy atom. The van der Waals surface area contributed by atoms with Gasteiger partial charge in [-0.05, 0) is 24.3 Å². The molecule has 0 spiro atoms. The van der Waals surface area contributed by atoms with Crippen LogP contribution in [0, 0.1) is 0 Å². The number of fused-ring (bicyclic) bond motifs is 1. The highest BCUT2D eigenvalue weighted by molar-refractivity contribution is 5.76. The van der Waals surface area contributed by atoms with Gasteiger partial charge in [-0.25, -0.2) is 0 Å². The fourth-order valence-electron chi connectivity index (χ4n) is 1.89. The third kappa shape index (κ3) is 2.31. The van der Waals surface area contributed by atoms with E-state index < -0.39 is 0 Å². The molecule has 0 aliphatic rings. The first-order valence-electron chi connectivity index (χ1n) is 6.10. The summed E-state index contributed by atoms with van der Waals surface area (Å²) in [6.45, 7) is 0. The van der Waals surface area contributed by atoms with Crippen molar-refractivity contribution in [3.05, 3.63) is 70.3 Å². The van der Waals surface area contributed by atoms with Crippen molar-refractivity contribution in [2.75, 3.05) is 0 Å². The first kappa shape index (κ1) is 12.2. The van der Waals surface area contributed by atoms with Crippen LogP contribution in [0.5, 0.6) is 5.75 Å². The van der Waals surface area contributed by atoms with Crippen molar-refractivity contribution < 1.29 is 9.52 Å². The molecule has 0 bridgehead atoms. The van der Waals surface area contributed by atoms with Gasteiger partial charge in [-0.15, -0.1) is 0 Å². The summed E-state index contributed by atoms with van der Waals surface area (Å²) in [5.74, 6) is 0.365. The first-order chi connectivity index (χ1) is 9.74. The van der Waals surface area contributed by atoms with E-state index in [1.165, 1.54) is 0 Å². The van der Waals surface area contributed by atoms with E-state index >= 15 is 0 Å². The lowest BCUT2D eigenvalue weighted by Crippen LogP contribution is -2.06. The summed E-state index contributed by atoms with van der Waals surface area (Å²) in [5, 5.41) is 10.1. The van der Waals surface area contributed by atoms with Crippen LogP contribution in [0.15, 0.2) is 57.7 Å². The summed E-state index contributed by atoms with van der Waals surface area (Å²) in [4.78, 5) is 15.7. The highest BCUT2D eigenvalue weighted by Crippen LogP contribution is 2.18. The summed E-state index contributed by atoms with van der Waals surface area (Å²) < 4.78 is 5.52. The van der Waals surface area contributed by atoms with E-state index in [9.17, 15) is 9.90 Å². The molecule has 0 saturated heterocycles. The van der Waals surface area contributed by atoms with Crippen LogP contribution in [0.3, 0.4) is 0 Å². The van der Waals surface area contributed by atoms with Crippen LogP contribution in [0.4, 0.5) is 0 Å². The minimum absolute atomic E-state index is 0.159. The van der Waals surface area contributed by atoms with E-state index in [1.54, 1.807) is 54.6 Å². The predicted molar refractivity (Wildman–Crippen MR) is 77.3 cm³/mol. The standard InChI is InChI=1S/C16H11NO3/c18-13-7-3-1-5-11(13)9-10-15-17-16(19)12-6-2-4-8-14(12)20-15/h1-10,18H. The lowest BCUT2D eigenvalue weighted by molar-refractivity contribution is 0.474. The quantitative estimate of drug-likeness (QED) is 0.773. The minimum atomic E-state index is -0.330. The molecule has 0 atom stereocenters. The van der Waals surface area contributed by atoms with Gasteiger partial charge in [-0.1, -0.05) is 30.3 Å². The number of hydrogen-bond donors (Lipinski definition) is 1. The molecule has 20 heavy (non-hydrogen) atoms. The molecule has 0 aliphatic carbocycles. The van der Waals surface area contributed by atoms with E-state index in [-0.39, 0.29) is 17.2 Å². The fraction of sp³-hybridized carbons (Fsp3) is 0. The SMILES string of the molecule is O=c1nc(C=Cc2ccccc2O)oc2ccccc12. The van der Waals surface area contributed by atoms with Gasteiger partial charge >= 0.3 is 0 Å². The van der Waals surface area contributed by atoms with Crippen LogP contribution in [0.2, 0.25) is 0 Å². The van der Waals surface area contributed by atoms with Gasteiger partial charge in [0.25, 0.3) is 5.56 Å². The molecule has 2 aromatic carbocycles. The Labute approximate surface area is 114 Å². The minimum Gasteiger partial charge on any atom is -0.507 e. The molecule has 0 saturated carbocycles. The van der Waals surface area contributed by atoms with Crippen LogP contribution in [-0.4, -0.2) is 10.1 Å². The maximum Gasteiger partial charge on any atom is 0.284 e. The van der Waals surface area contributed by atoms with Crippen molar-refractivity contribution in [3.63, 3.8) is 0 Å². The Morgan fingerprint density at radius 2 is 1.75 bits per heavy atom. The molecule has 3 rings (SSSR count). The number of aromatic hydroxyl groups is 1. The summed E-state index contributed by atoms with van der Waals surface area (Å²) in [6.07, 6.45) is 3.21. The van der Waals surface area contributed by atoms with Crippen LogP contribution < -0.4 is 5.56 Å². The molecule has 1 aromatic heterocycles. The van der Waals surface area contributed by atoms with Crippen LogP contribution in [0.1, 0.15) is 11.5 Å². The van der Waals surface area contributed by atoms with Crippen molar-refractivity contribution in [3.8, 4) is 5.75 Å². The lowest BCUT2D eigenvalue weighted by Gasteiger charge is -1.98. The molecular weight excluding hydrogens is 254 g/mol. The number of nitrogens with zero attached hydrogens (tertiary/aromatic N) is 1. The summed E-state index contributed by atoms with van der Waals surface area (Å²) in [5.41, 5.74) is 0.790. The Hall–Kier alpha value is -2.88. The molecule has 0 unspecified atom stereocenters. The number of phenolic OH excluding ortho intramolecular Hbond substituents is 1. The number of hydrogen-bond acceptors (Lipinski definition) is 4. The van der Waals surface area contributed by atoms with Gasteiger partial charge in [0.15, 0.2) is 0 Å². The average molecular weight is 265 g/mol. The number of phenols is 1. The van der Waals surface area contributed by atoms with Crippen molar-refractivity contribution in [1.82, 2.24) is 4.98 Å². The molecule has 0 fully saturated rings. The lowest BCUT2D eigenvalue weighted by atomic mass is 10.2. The topological polar surface area (TPSA) is 63.3 Å². The van der Waals surface area contributed by atoms with E-state index in [2.05, 4.69) is 4.98 Å². The van der Waals surface area contributed by atoms with Crippen LogP contribution >= 0.6 is 0 Å². The van der Waals surface area contributed by atoms with Gasteiger partial charge in [-0.2, -0.15) is 4.98 Å². The Balaban J connectivity index is 2.04. The molecule has 98 valence electrons. The Bertz CT molecular complexity index is 849.